The average Bonchev–Trinajstić information content (AvgIpc) is 2.97. The first-order chi connectivity index (χ1) is 11.4. The van der Waals surface area contributed by atoms with Gasteiger partial charge in [0.15, 0.2) is 0 Å². The van der Waals surface area contributed by atoms with Gasteiger partial charge in [-0.15, -0.1) is 0 Å². The zero-order valence-electron chi connectivity index (χ0n) is 13.8. The van der Waals surface area contributed by atoms with Gasteiger partial charge in [0.05, 0.1) is 17.1 Å². The summed E-state index contributed by atoms with van der Waals surface area (Å²) in [4.78, 5) is 12.1. The second-order valence-electron chi connectivity index (χ2n) is 5.95. The SMILES string of the molecule is CC1CCC(CCC(=O)Nc2cccc(S(=O)(=O)NCCN)c2)O1. The van der Waals surface area contributed by atoms with E-state index in [-0.39, 0.29) is 36.1 Å². The molecule has 1 fully saturated rings. The highest BCUT2D eigenvalue weighted by molar-refractivity contribution is 7.89. The lowest BCUT2D eigenvalue weighted by atomic mass is 10.1. The molecule has 134 valence electrons. The average molecular weight is 355 g/mol. The van der Waals surface area contributed by atoms with Crippen LogP contribution in [0.4, 0.5) is 5.69 Å². The number of benzene rings is 1. The van der Waals surface area contributed by atoms with E-state index in [1.807, 2.05) is 6.92 Å². The van der Waals surface area contributed by atoms with Gasteiger partial charge < -0.3 is 15.8 Å². The summed E-state index contributed by atoms with van der Waals surface area (Å²) in [6.45, 7) is 2.42. The van der Waals surface area contributed by atoms with Gasteiger partial charge >= 0.3 is 0 Å². The molecule has 0 spiro atoms. The van der Waals surface area contributed by atoms with E-state index in [4.69, 9.17) is 10.5 Å². The molecule has 0 bridgehead atoms. The van der Waals surface area contributed by atoms with E-state index >= 15 is 0 Å². The summed E-state index contributed by atoms with van der Waals surface area (Å²) in [5.41, 5.74) is 5.76. The minimum absolute atomic E-state index is 0.0988. The van der Waals surface area contributed by atoms with Gasteiger partial charge in [-0.3, -0.25) is 4.79 Å². The summed E-state index contributed by atoms with van der Waals surface area (Å²) >= 11 is 0. The number of ether oxygens (including phenoxy) is 1. The molecular weight excluding hydrogens is 330 g/mol. The molecular formula is C16H25N3O4S. The predicted molar refractivity (Wildman–Crippen MR) is 92.1 cm³/mol. The van der Waals surface area contributed by atoms with Gasteiger partial charge in [0.2, 0.25) is 15.9 Å². The fraction of sp³-hybridized carbons (Fsp3) is 0.562. The molecule has 4 N–H and O–H groups in total. The molecule has 0 aliphatic carbocycles. The number of rotatable bonds is 8. The monoisotopic (exact) mass is 355 g/mol. The van der Waals surface area contributed by atoms with Crippen LogP contribution >= 0.6 is 0 Å². The van der Waals surface area contributed by atoms with E-state index in [9.17, 15) is 13.2 Å². The van der Waals surface area contributed by atoms with Crippen LogP contribution in [0.2, 0.25) is 0 Å². The molecule has 1 aromatic rings. The normalized spacial score (nSPS) is 20.9. The largest absolute Gasteiger partial charge is 0.375 e. The van der Waals surface area contributed by atoms with Crippen LogP contribution in [0.25, 0.3) is 0 Å². The van der Waals surface area contributed by atoms with E-state index in [1.54, 1.807) is 12.1 Å². The molecule has 24 heavy (non-hydrogen) atoms. The Kier molecular flexibility index (Phi) is 6.73. The topological polar surface area (TPSA) is 111 Å². The first-order valence-electron chi connectivity index (χ1n) is 8.16. The number of carbonyl (C=O) groups is 1. The fourth-order valence-corrected chi connectivity index (χ4v) is 3.72. The highest BCUT2D eigenvalue weighted by Crippen LogP contribution is 2.23. The number of hydrogen-bond donors (Lipinski definition) is 3. The molecule has 2 atom stereocenters. The molecule has 0 radical (unpaired) electrons. The molecule has 8 heteroatoms. The van der Waals surface area contributed by atoms with Gasteiger partial charge in [-0.05, 0) is 44.4 Å². The van der Waals surface area contributed by atoms with Crippen LogP contribution in [-0.2, 0) is 19.6 Å². The maximum atomic E-state index is 12.1. The summed E-state index contributed by atoms with van der Waals surface area (Å²) < 4.78 is 32.2. The van der Waals surface area contributed by atoms with Crippen LogP contribution in [0.15, 0.2) is 29.2 Å². The Morgan fingerprint density at radius 3 is 2.83 bits per heavy atom. The van der Waals surface area contributed by atoms with Crippen LogP contribution in [0.3, 0.4) is 0 Å². The van der Waals surface area contributed by atoms with Crippen molar-refractivity contribution in [3.8, 4) is 0 Å². The Balaban J connectivity index is 1.90. The number of sulfonamides is 1. The second-order valence-corrected chi connectivity index (χ2v) is 7.71. The zero-order valence-corrected chi connectivity index (χ0v) is 14.6. The van der Waals surface area contributed by atoms with Gasteiger partial charge in [-0.2, -0.15) is 0 Å². The molecule has 2 unspecified atom stereocenters. The van der Waals surface area contributed by atoms with Crippen molar-refractivity contribution < 1.29 is 17.9 Å². The van der Waals surface area contributed by atoms with E-state index in [1.165, 1.54) is 12.1 Å². The van der Waals surface area contributed by atoms with Gasteiger partial charge in [0, 0.05) is 25.2 Å². The quantitative estimate of drug-likeness (QED) is 0.649. The molecule has 0 aromatic heterocycles. The smallest absolute Gasteiger partial charge is 0.240 e. The molecule has 1 aliphatic rings. The Labute approximate surface area is 143 Å². The first kappa shape index (κ1) is 18.9. The molecule has 1 aliphatic heterocycles. The highest BCUT2D eigenvalue weighted by Gasteiger charge is 2.22. The molecule has 0 saturated carbocycles. The van der Waals surface area contributed by atoms with Crippen molar-refractivity contribution in [2.45, 2.75) is 49.7 Å². The number of nitrogens with one attached hydrogen (secondary N) is 2. The predicted octanol–water partition coefficient (Wildman–Crippen LogP) is 1.21. The highest BCUT2D eigenvalue weighted by atomic mass is 32.2. The fourth-order valence-electron chi connectivity index (χ4n) is 2.63. The number of anilines is 1. The minimum atomic E-state index is -3.61. The maximum absolute atomic E-state index is 12.1. The summed E-state index contributed by atoms with van der Waals surface area (Å²) in [6, 6.07) is 6.16. The maximum Gasteiger partial charge on any atom is 0.240 e. The Hall–Kier alpha value is -1.48. The summed E-state index contributed by atoms with van der Waals surface area (Å²) in [7, 11) is -3.61. The molecule has 1 aromatic carbocycles. The van der Waals surface area contributed by atoms with Gasteiger partial charge in [-0.25, -0.2) is 13.1 Å². The van der Waals surface area contributed by atoms with E-state index < -0.39 is 10.0 Å². The van der Waals surface area contributed by atoms with Crippen molar-refractivity contribution in [3.63, 3.8) is 0 Å². The van der Waals surface area contributed by atoms with Gasteiger partial charge in [0.1, 0.15) is 0 Å². The van der Waals surface area contributed by atoms with Crippen molar-refractivity contribution in [2.24, 2.45) is 5.73 Å². The first-order valence-corrected chi connectivity index (χ1v) is 9.64. The Bertz CT molecular complexity index is 663. The third-order valence-electron chi connectivity index (χ3n) is 3.88. The van der Waals surface area contributed by atoms with Crippen LogP contribution in [-0.4, -0.2) is 39.6 Å². The van der Waals surface area contributed by atoms with E-state index in [2.05, 4.69) is 10.0 Å². The van der Waals surface area contributed by atoms with Crippen molar-refractivity contribution in [1.29, 1.82) is 0 Å². The lowest BCUT2D eigenvalue weighted by Crippen LogP contribution is -2.29. The van der Waals surface area contributed by atoms with Crippen molar-refractivity contribution >= 4 is 21.6 Å². The van der Waals surface area contributed by atoms with Crippen molar-refractivity contribution in [3.05, 3.63) is 24.3 Å². The van der Waals surface area contributed by atoms with Crippen LogP contribution in [0.1, 0.15) is 32.6 Å². The lowest BCUT2D eigenvalue weighted by Gasteiger charge is -2.12. The molecule has 1 amide bonds. The van der Waals surface area contributed by atoms with Gasteiger partial charge in [-0.1, -0.05) is 6.07 Å². The lowest BCUT2D eigenvalue weighted by molar-refractivity contribution is -0.116. The Morgan fingerprint density at radius 1 is 1.38 bits per heavy atom. The summed E-state index contributed by atoms with van der Waals surface area (Å²) in [5.74, 6) is -0.150. The number of hydrogen-bond acceptors (Lipinski definition) is 5. The van der Waals surface area contributed by atoms with Crippen molar-refractivity contribution in [2.75, 3.05) is 18.4 Å². The van der Waals surface area contributed by atoms with E-state index in [0.29, 0.717) is 18.5 Å². The Morgan fingerprint density at radius 2 is 2.17 bits per heavy atom. The van der Waals surface area contributed by atoms with Crippen LogP contribution in [0, 0.1) is 0 Å². The van der Waals surface area contributed by atoms with Gasteiger partial charge in [0.25, 0.3) is 0 Å². The molecule has 1 saturated heterocycles. The third-order valence-corrected chi connectivity index (χ3v) is 5.34. The summed E-state index contributed by atoms with van der Waals surface area (Å²) in [6.07, 6.45) is 3.43. The zero-order chi connectivity index (χ0) is 17.6. The van der Waals surface area contributed by atoms with E-state index in [0.717, 1.165) is 12.8 Å². The minimum Gasteiger partial charge on any atom is -0.375 e. The standard InChI is InChI=1S/C16H25N3O4S/c1-12-5-6-14(23-12)7-8-16(20)19-13-3-2-4-15(11-13)24(21,22)18-10-9-17/h2-4,11-12,14,18H,5-10,17H2,1H3,(H,19,20). The van der Waals surface area contributed by atoms with Crippen LogP contribution in [0.5, 0.6) is 0 Å². The number of carbonyl (C=O) groups excluding carboxylic acids is 1. The summed E-state index contributed by atoms with van der Waals surface area (Å²) in [5, 5.41) is 2.73. The second kappa shape index (κ2) is 8.57. The van der Waals surface area contributed by atoms with Crippen molar-refractivity contribution in [1.82, 2.24) is 4.72 Å². The molecule has 7 nitrogen and oxygen atoms in total. The van der Waals surface area contributed by atoms with Crippen LogP contribution < -0.4 is 15.8 Å². The molecule has 2 rings (SSSR count). The third kappa shape index (κ3) is 5.55. The number of nitrogens with two attached hydrogens (primary N) is 1. The number of amides is 1. The molecule has 1 heterocycles.